The molecule has 0 saturated heterocycles. The normalized spacial score (nSPS) is 12.2. The van der Waals surface area contributed by atoms with Crippen molar-refractivity contribution in [1.82, 2.24) is 0 Å². The number of aryl methyl sites for hydroxylation is 6. The SMILES string of the molecule is O=S(=O)(O)c1ccc(CCCCCCCCCCc2ccc(P(c3ccc(CCCCCCCCCCc4ccc(S(=O)(=O)O)cc4)cc3)c3ccc(CCCCCCCCCCc4ccc(S(=O)(=O)O)cc4)cc3)cc2)cc1. The average Bonchev–Trinajstić information content (AvgIpc) is 3.45. The fourth-order valence-electron chi connectivity index (χ4n) is 10.5. The lowest BCUT2D eigenvalue weighted by molar-refractivity contribution is 0.481. The molecule has 9 nitrogen and oxygen atoms in total. The van der Waals surface area contributed by atoms with Crippen molar-refractivity contribution in [2.45, 2.75) is 207 Å². The van der Waals surface area contributed by atoms with Crippen LogP contribution in [0.5, 0.6) is 0 Å². The van der Waals surface area contributed by atoms with Gasteiger partial charge in [-0.3, -0.25) is 13.7 Å². The van der Waals surface area contributed by atoms with Gasteiger partial charge in [0.05, 0.1) is 14.7 Å². The first-order valence-corrected chi connectivity index (χ1v) is 35.0. The van der Waals surface area contributed by atoms with Gasteiger partial charge in [0.2, 0.25) is 0 Å². The van der Waals surface area contributed by atoms with Crippen LogP contribution in [0.1, 0.15) is 187 Å². The molecule has 0 aliphatic carbocycles. The first-order chi connectivity index (χ1) is 38.1. The van der Waals surface area contributed by atoms with Crippen molar-refractivity contribution < 1.29 is 38.9 Å². The van der Waals surface area contributed by atoms with Crippen molar-refractivity contribution in [1.29, 1.82) is 0 Å². The fraction of sp³-hybridized carbons (Fsp3) is 0.455. The number of hydrogen-bond donors (Lipinski definition) is 3. The quantitative estimate of drug-likeness (QED) is 0.0194. The third-order valence-corrected chi connectivity index (χ3v) is 20.3. The zero-order valence-electron chi connectivity index (χ0n) is 46.5. The Labute approximate surface area is 476 Å². The van der Waals surface area contributed by atoms with Gasteiger partial charge in [0.1, 0.15) is 0 Å². The van der Waals surface area contributed by atoms with Crippen LogP contribution in [-0.4, -0.2) is 38.9 Å². The lowest BCUT2D eigenvalue weighted by atomic mass is 10.0. The van der Waals surface area contributed by atoms with Crippen molar-refractivity contribution in [2.75, 3.05) is 0 Å². The van der Waals surface area contributed by atoms with Crippen LogP contribution in [0.25, 0.3) is 0 Å². The van der Waals surface area contributed by atoms with Gasteiger partial charge in [-0.25, -0.2) is 0 Å². The van der Waals surface area contributed by atoms with E-state index in [9.17, 15) is 38.9 Å². The van der Waals surface area contributed by atoms with Crippen molar-refractivity contribution in [3.63, 3.8) is 0 Å². The number of unbranched alkanes of at least 4 members (excludes halogenated alkanes) is 21. The number of rotatable bonds is 39. The molecular weight excluding hydrogens is 1060 g/mol. The predicted octanol–water partition coefficient (Wildman–Crippen LogP) is 15.9. The topological polar surface area (TPSA) is 163 Å². The molecule has 6 aromatic carbocycles. The molecule has 79 heavy (non-hydrogen) atoms. The van der Waals surface area contributed by atoms with E-state index in [0.29, 0.717) is 0 Å². The summed E-state index contributed by atoms with van der Waals surface area (Å²) in [5.74, 6) is 0. The van der Waals surface area contributed by atoms with Gasteiger partial charge in [0, 0.05) is 0 Å². The third-order valence-electron chi connectivity index (χ3n) is 15.3. The van der Waals surface area contributed by atoms with E-state index in [1.54, 1.807) is 36.4 Å². The van der Waals surface area contributed by atoms with Crippen LogP contribution in [0, 0.1) is 0 Å². The van der Waals surface area contributed by atoms with E-state index in [-0.39, 0.29) is 14.7 Å². The Kier molecular flexibility index (Phi) is 27.4. The minimum atomic E-state index is -4.14. The predicted molar refractivity (Wildman–Crippen MR) is 327 cm³/mol. The fourth-order valence-corrected chi connectivity index (χ4v) is 14.2. The maximum absolute atomic E-state index is 11.3. The molecule has 0 amide bonds. The minimum Gasteiger partial charge on any atom is -0.282 e. The molecule has 0 fully saturated rings. The summed E-state index contributed by atoms with van der Waals surface area (Å²) in [6, 6.07) is 48.1. The van der Waals surface area contributed by atoms with Crippen LogP contribution in [0.4, 0.5) is 0 Å². The Balaban J connectivity index is 0.905. The molecule has 3 N–H and O–H groups in total. The van der Waals surface area contributed by atoms with Crippen LogP contribution in [0.2, 0.25) is 0 Å². The van der Waals surface area contributed by atoms with E-state index in [0.717, 1.165) is 93.7 Å². The second-order valence-corrected chi connectivity index (χ2v) is 28.2. The maximum Gasteiger partial charge on any atom is 0.294 e. The van der Waals surface area contributed by atoms with Crippen molar-refractivity contribution in [2.24, 2.45) is 0 Å². The summed E-state index contributed by atoms with van der Waals surface area (Å²) in [5.41, 5.74) is 7.52. The standard InChI is InChI=1S/C66H87O9PS3/c67-77(68,69)64-49-37-58(38-50-64)28-22-16-10-4-1-7-13-19-25-55-31-43-61(44-32-55)76(62-45-33-56(34-46-62)26-20-14-8-2-5-11-17-23-29-59-39-51-65(52-40-59)78(70,71)72)63-47-35-57(36-48-63)27-21-15-9-3-6-12-18-24-30-60-41-53-66(54-42-60)79(73,74)75/h31-54H,1-30H2,(H,67,68,69)(H,70,71,72)(H,73,74,75). The Bertz CT molecular complexity index is 2670. The molecule has 6 rings (SSSR count). The number of hydrogen-bond acceptors (Lipinski definition) is 6. The van der Waals surface area contributed by atoms with Crippen LogP contribution in [0.3, 0.4) is 0 Å². The minimum absolute atomic E-state index is 0.0535. The molecule has 0 bridgehead atoms. The molecule has 13 heteroatoms. The summed E-state index contributed by atoms with van der Waals surface area (Å²) in [6.07, 6.45) is 35.0. The average molecular weight is 1150 g/mol. The molecule has 0 aliphatic rings. The molecule has 0 saturated carbocycles. The Morgan fingerprint density at radius 1 is 0.215 bits per heavy atom. The highest BCUT2D eigenvalue weighted by molar-refractivity contribution is 7.86. The molecular formula is C66H87O9PS3. The summed E-state index contributed by atoms with van der Waals surface area (Å²) in [7, 11) is -13.1. The molecule has 428 valence electrons. The van der Waals surface area contributed by atoms with E-state index in [1.807, 2.05) is 0 Å². The van der Waals surface area contributed by atoms with E-state index in [2.05, 4.69) is 72.8 Å². The maximum atomic E-state index is 11.3. The van der Waals surface area contributed by atoms with Gasteiger partial charge >= 0.3 is 0 Å². The van der Waals surface area contributed by atoms with Crippen LogP contribution in [-0.2, 0) is 68.9 Å². The first kappa shape index (κ1) is 63.7. The van der Waals surface area contributed by atoms with Gasteiger partial charge in [-0.05, 0) is 171 Å². The van der Waals surface area contributed by atoms with Gasteiger partial charge in [-0.2, -0.15) is 25.3 Å². The number of benzene rings is 6. The Hall–Kier alpha value is -4.52. The lowest BCUT2D eigenvalue weighted by Crippen LogP contribution is -2.21. The molecule has 0 spiro atoms. The monoisotopic (exact) mass is 1150 g/mol. The van der Waals surface area contributed by atoms with Crippen molar-refractivity contribution >= 4 is 54.2 Å². The summed E-state index contributed by atoms with van der Waals surface area (Å²) < 4.78 is 95.4. The second kappa shape index (κ2) is 34.0. The third kappa shape index (κ3) is 24.2. The van der Waals surface area contributed by atoms with Gasteiger partial charge < -0.3 is 0 Å². The lowest BCUT2D eigenvalue weighted by Gasteiger charge is -2.20. The summed E-state index contributed by atoms with van der Waals surface area (Å²) in [4.78, 5) is -0.160. The van der Waals surface area contributed by atoms with Gasteiger partial charge in [-0.1, -0.05) is 225 Å². The highest BCUT2D eigenvalue weighted by Crippen LogP contribution is 2.34. The van der Waals surface area contributed by atoms with Crippen molar-refractivity contribution in [3.8, 4) is 0 Å². The zero-order chi connectivity index (χ0) is 56.2. The molecule has 0 aliphatic heterocycles. The molecule has 0 radical (unpaired) electrons. The van der Waals surface area contributed by atoms with E-state index in [1.165, 1.54) is 185 Å². The second-order valence-electron chi connectivity index (χ2n) is 21.7. The highest BCUT2D eigenvalue weighted by atomic mass is 32.2. The summed E-state index contributed by atoms with van der Waals surface area (Å²) >= 11 is 0. The van der Waals surface area contributed by atoms with E-state index in [4.69, 9.17) is 0 Å². The molecule has 0 aromatic heterocycles. The highest BCUT2D eigenvalue weighted by Gasteiger charge is 2.18. The summed E-state index contributed by atoms with van der Waals surface area (Å²) in [6.45, 7) is 0. The van der Waals surface area contributed by atoms with Crippen LogP contribution < -0.4 is 15.9 Å². The molecule has 0 atom stereocenters. The molecule has 0 unspecified atom stereocenters. The van der Waals surface area contributed by atoms with Gasteiger partial charge in [-0.15, -0.1) is 0 Å². The van der Waals surface area contributed by atoms with Crippen LogP contribution in [0.15, 0.2) is 160 Å². The molecule has 6 aromatic rings. The Morgan fingerprint density at radius 3 is 0.506 bits per heavy atom. The smallest absolute Gasteiger partial charge is 0.282 e. The first-order valence-electron chi connectivity index (χ1n) is 29.4. The van der Waals surface area contributed by atoms with Crippen molar-refractivity contribution in [3.05, 3.63) is 179 Å². The van der Waals surface area contributed by atoms with E-state index >= 15 is 0 Å². The van der Waals surface area contributed by atoms with Crippen LogP contribution >= 0.6 is 7.92 Å². The molecule has 0 heterocycles. The largest absolute Gasteiger partial charge is 0.294 e. The Morgan fingerprint density at radius 2 is 0.354 bits per heavy atom. The van der Waals surface area contributed by atoms with E-state index < -0.39 is 38.3 Å². The van der Waals surface area contributed by atoms with Gasteiger partial charge in [0.25, 0.3) is 30.4 Å². The zero-order valence-corrected chi connectivity index (χ0v) is 49.9. The summed E-state index contributed by atoms with van der Waals surface area (Å²) in [5, 5.41) is 4.16. The van der Waals surface area contributed by atoms with Gasteiger partial charge in [0.15, 0.2) is 0 Å².